The standard InChI is InChI=1S/C23H21BrN4O/c1-14-5-9-19(10-6-14)27-17(4)21(15(2)25-27)13-22-16(3)26-28(23(22)29)20-11-7-18(24)8-12-20/h5-13H,1-4H3/b22-13+. The molecule has 0 aliphatic carbocycles. The molecule has 6 heteroatoms. The molecule has 0 saturated carbocycles. The van der Waals surface area contributed by atoms with Crippen molar-refractivity contribution in [3.05, 3.63) is 81.1 Å². The Morgan fingerprint density at radius 3 is 2.17 bits per heavy atom. The van der Waals surface area contributed by atoms with Gasteiger partial charge in [0.2, 0.25) is 0 Å². The molecular weight excluding hydrogens is 428 g/mol. The zero-order chi connectivity index (χ0) is 20.7. The van der Waals surface area contributed by atoms with Crippen LogP contribution in [-0.4, -0.2) is 21.4 Å². The first kappa shape index (κ1) is 19.3. The van der Waals surface area contributed by atoms with Crippen LogP contribution in [0.1, 0.15) is 29.4 Å². The van der Waals surface area contributed by atoms with Gasteiger partial charge in [0.05, 0.1) is 28.4 Å². The molecule has 1 amide bonds. The Labute approximate surface area is 178 Å². The number of amides is 1. The van der Waals surface area contributed by atoms with Gasteiger partial charge in [-0.3, -0.25) is 4.79 Å². The Bertz CT molecular complexity index is 1150. The van der Waals surface area contributed by atoms with Crippen molar-refractivity contribution < 1.29 is 4.79 Å². The molecule has 0 bridgehead atoms. The molecule has 4 rings (SSSR count). The van der Waals surface area contributed by atoms with Crippen molar-refractivity contribution in [2.75, 3.05) is 5.01 Å². The summed E-state index contributed by atoms with van der Waals surface area (Å²) in [5.74, 6) is -0.133. The maximum absolute atomic E-state index is 13.0. The molecule has 1 aliphatic heterocycles. The van der Waals surface area contributed by atoms with E-state index in [1.165, 1.54) is 10.6 Å². The first-order valence-electron chi connectivity index (χ1n) is 9.35. The van der Waals surface area contributed by atoms with E-state index in [0.29, 0.717) is 11.3 Å². The van der Waals surface area contributed by atoms with Gasteiger partial charge in [-0.05, 0) is 70.2 Å². The molecule has 3 aromatic rings. The number of hydrogen-bond acceptors (Lipinski definition) is 3. The topological polar surface area (TPSA) is 50.5 Å². The van der Waals surface area contributed by atoms with E-state index in [1.54, 1.807) is 0 Å². The number of benzene rings is 2. The summed E-state index contributed by atoms with van der Waals surface area (Å²) in [6.07, 6.45) is 1.91. The maximum atomic E-state index is 13.0. The van der Waals surface area contributed by atoms with E-state index < -0.39 is 0 Å². The smallest absolute Gasteiger partial charge is 0.267 e. The van der Waals surface area contributed by atoms with Gasteiger partial charge >= 0.3 is 0 Å². The Morgan fingerprint density at radius 2 is 1.52 bits per heavy atom. The summed E-state index contributed by atoms with van der Waals surface area (Å²) in [5, 5.41) is 10.6. The van der Waals surface area contributed by atoms with Gasteiger partial charge in [0.25, 0.3) is 5.91 Å². The molecule has 1 aromatic heterocycles. The van der Waals surface area contributed by atoms with E-state index in [9.17, 15) is 4.79 Å². The molecule has 0 radical (unpaired) electrons. The van der Waals surface area contributed by atoms with Crippen molar-refractivity contribution in [2.24, 2.45) is 5.10 Å². The molecule has 0 fully saturated rings. The summed E-state index contributed by atoms with van der Waals surface area (Å²) in [7, 11) is 0. The van der Waals surface area contributed by atoms with Gasteiger partial charge in [-0.25, -0.2) is 4.68 Å². The number of carbonyl (C=O) groups excluding carboxylic acids is 1. The lowest BCUT2D eigenvalue weighted by atomic mass is 10.1. The van der Waals surface area contributed by atoms with Gasteiger partial charge in [-0.2, -0.15) is 15.2 Å². The van der Waals surface area contributed by atoms with Crippen LogP contribution < -0.4 is 5.01 Å². The Balaban J connectivity index is 1.71. The highest BCUT2D eigenvalue weighted by atomic mass is 79.9. The summed E-state index contributed by atoms with van der Waals surface area (Å²) in [4.78, 5) is 13.0. The van der Waals surface area contributed by atoms with E-state index in [4.69, 9.17) is 5.10 Å². The van der Waals surface area contributed by atoms with Gasteiger partial charge in [-0.15, -0.1) is 0 Å². The predicted octanol–water partition coefficient (Wildman–Crippen LogP) is 5.37. The summed E-state index contributed by atoms with van der Waals surface area (Å²) in [6, 6.07) is 15.8. The van der Waals surface area contributed by atoms with Crippen LogP contribution in [0, 0.1) is 20.8 Å². The van der Waals surface area contributed by atoms with Crippen molar-refractivity contribution in [3.63, 3.8) is 0 Å². The molecule has 0 saturated heterocycles. The van der Waals surface area contributed by atoms with Crippen molar-refractivity contribution in [3.8, 4) is 5.69 Å². The van der Waals surface area contributed by atoms with E-state index in [0.717, 1.165) is 32.8 Å². The van der Waals surface area contributed by atoms with Crippen LogP contribution in [0.4, 0.5) is 5.69 Å². The molecule has 1 aliphatic rings. The average molecular weight is 449 g/mol. The fourth-order valence-corrected chi connectivity index (χ4v) is 3.65. The fraction of sp³-hybridized carbons (Fsp3) is 0.174. The van der Waals surface area contributed by atoms with Crippen LogP contribution in [0.3, 0.4) is 0 Å². The van der Waals surface area contributed by atoms with Crippen LogP contribution in [0.25, 0.3) is 11.8 Å². The number of halogens is 1. The molecule has 5 nitrogen and oxygen atoms in total. The van der Waals surface area contributed by atoms with E-state index in [2.05, 4.69) is 40.1 Å². The number of anilines is 1. The Hall–Kier alpha value is -2.99. The third-order valence-electron chi connectivity index (χ3n) is 5.05. The second kappa shape index (κ2) is 7.44. The van der Waals surface area contributed by atoms with Crippen molar-refractivity contribution in [1.29, 1.82) is 0 Å². The Morgan fingerprint density at radius 1 is 0.897 bits per heavy atom. The van der Waals surface area contributed by atoms with Crippen LogP contribution in [0.5, 0.6) is 0 Å². The average Bonchev–Trinajstić information content (AvgIpc) is 3.14. The first-order valence-corrected chi connectivity index (χ1v) is 10.1. The predicted molar refractivity (Wildman–Crippen MR) is 120 cm³/mol. The van der Waals surface area contributed by atoms with Crippen LogP contribution in [0.2, 0.25) is 0 Å². The highest BCUT2D eigenvalue weighted by Crippen LogP contribution is 2.28. The zero-order valence-corrected chi connectivity index (χ0v) is 18.4. The largest absolute Gasteiger partial charge is 0.280 e. The van der Waals surface area contributed by atoms with E-state index in [1.807, 2.05) is 67.9 Å². The molecule has 0 spiro atoms. The molecule has 29 heavy (non-hydrogen) atoms. The van der Waals surface area contributed by atoms with Gasteiger partial charge < -0.3 is 0 Å². The third-order valence-corrected chi connectivity index (χ3v) is 5.58. The normalized spacial score (nSPS) is 15.3. The molecule has 0 unspecified atom stereocenters. The highest BCUT2D eigenvalue weighted by Gasteiger charge is 2.29. The minimum Gasteiger partial charge on any atom is -0.267 e. The number of nitrogens with zero attached hydrogens (tertiary/aromatic N) is 4. The summed E-state index contributed by atoms with van der Waals surface area (Å²) < 4.78 is 2.87. The monoisotopic (exact) mass is 448 g/mol. The van der Waals surface area contributed by atoms with Gasteiger partial charge in [0.15, 0.2) is 0 Å². The van der Waals surface area contributed by atoms with E-state index in [-0.39, 0.29) is 5.91 Å². The number of hydrogen-bond donors (Lipinski definition) is 0. The quantitative estimate of drug-likeness (QED) is 0.505. The first-order chi connectivity index (χ1) is 13.8. The molecule has 2 heterocycles. The van der Waals surface area contributed by atoms with Gasteiger partial charge in [-0.1, -0.05) is 33.6 Å². The van der Waals surface area contributed by atoms with Crippen molar-refractivity contribution in [2.45, 2.75) is 27.7 Å². The summed E-state index contributed by atoms with van der Waals surface area (Å²) >= 11 is 3.42. The van der Waals surface area contributed by atoms with Crippen LogP contribution in [0.15, 0.2) is 63.7 Å². The number of aromatic nitrogens is 2. The SMILES string of the molecule is CC1=NN(c2ccc(Br)cc2)C(=O)/C1=C/c1c(C)nn(-c2ccc(C)cc2)c1C. The van der Waals surface area contributed by atoms with Crippen LogP contribution >= 0.6 is 15.9 Å². The van der Waals surface area contributed by atoms with Crippen LogP contribution in [-0.2, 0) is 4.79 Å². The second-order valence-electron chi connectivity index (χ2n) is 7.17. The fourth-order valence-electron chi connectivity index (χ4n) is 3.39. The van der Waals surface area contributed by atoms with Crippen molar-refractivity contribution >= 4 is 39.3 Å². The molecule has 0 atom stereocenters. The lowest BCUT2D eigenvalue weighted by Gasteiger charge is -2.11. The second-order valence-corrected chi connectivity index (χ2v) is 8.08. The highest BCUT2D eigenvalue weighted by molar-refractivity contribution is 9.10. The zero-order valence-electron chi connectivity index (χ0n) is 16.8. The number of aryl methyl sites for hydroxylation is 2. The number of hydrazone groups is 1. The number of carbonyl (C=O) groups is 1. The van der Waals surface area contributed by atoms with Crippen molar-refractivity contribution in [1.82, 2.24) is 9.78 Å². The third kappa shape index (κ3) is 3.56. The van der Waals surface area contributed by atoms with Gasteiger partial charge in [0.1, 0.15) is 0 Å². The molecular formula is C23H21BrN4O. The maximum Gasteiger partial charge on any atom is 0.280 e. The van der Waals surface area contributed by atoms with Gasteiger partial charge in [0, 0.05) is 15.7 Å². The minimum atomic E-state index is -0.133. The lowest BCUT2D eigenvalue weighted by Crippen LogP contribution is -2.21. The number of rotatable bonds is 3. The van der Waals surface area contributed by atoms with E-state index >= 15 is 0 Å². The lowest BCUT2D eigenvalue weighted by molar-refractivity contribution is -0.114. The summed E-state index contributed by atoms with van der Waals surface area (Å²) in [6.45, 7) is 7.90. The molecule has 0 N–H and O–H groups in total. The molecule has 2 aromatic carbocycles. The molecule has 146 valence electrons. The minimum absolute atomic E-state index is 0.133. The Kier molecular flexibility index (Phi) is 4.96. The summed E-state index contributed by atoms with van der Waals surface area (Å²) in [5.41, 5.74) is 7.03.